The lowest BCUT2D eigenvalue weighted by atomic mass is 10.0. The third-order valence-electron chi connectivity index (χ3n) is 3.00. The van der Waals surface area contributed by atoms with Crippen LogP contribution in [0.5, 0.6) is 0 Å². The van der Waals surface area contributed by atoms with Crippen molar-refractivity contribution in [2.45, 2.75) is 33.2 Å². The first kappa shape index (κ1) is 12.4. The van der Waals surface area contributed by atoms with Crippen molar-refractivity contribution < 1.29 is 0 Å². The zero-order chi connectivity index (χ0) is 13.1. The van der Waals surface area contributed by atoms with Gasteiger partial charge in [-0.3, -0.25) is 4.68 Å². The second-order valence-corrected chi connectivity index (χ2v) is 4.84. The molecule has 0 aliphatic carbocycles. The van der Waals surface area contributed by atoms with Gasteiger partial charge in [0.05, 0.1) is 12.2 Å². The summed E-state index contributed by atoms with van der Waals surface area (Å²) < 4.78 is 1.75. The molecule has 0 bridgehead atoms. The largest absolute Gasteiger partial charge is 0.250 e. The van der Waals surface area contributed by atoms with Crippen molar-refractivity contribution in [1.82, 2.24) is 9.78 Å². The van der Waals surface area contributed by atoms with Gasteiger partial charge in [0, 0.05) is 0 Å². The minimum Gasteiger partial charge on any atom is -0.250 e. The summed E-state index contributed by atoms with van der Waals surface area (Å²) in [6.45, 7) is 6.91. The van der Waals surface area contributed by atoms with Gasteiger partial charge in [-0.25, -0.2) is 0 Å². The van der Waals surface area contributed by atoms with Gasteiger partial charge in [0.2, 0.25) is 0 Å². The van der Waals surface area contributed by atoms with Crippen molar-refractivity contribution in [3.8, 4) is 6.07 Å². The molecule has 3 heteroatoms. The summed E-state index contributed by atoms with van der Waals surface area (Å²) in [5.41, 5.74) is 3.99. The Kier molecular flexibility index (Phi) is 3.47. The third kappa shape index (κ3) is 2.60. The first-order chi connectivity index (χ1) is 8.60. The Bertz CT molecular complexity index is 571. The zero-order valence-corrected chi connectivity index (χ0v) is 11.0. The van der Waals surface area contributed by atoms with Crippen molar-refractivity contribution in [3.63, 3.8) is 0 Å². The van der Waals surface area contributed by atoms with Gasteiger partial charge in [-0.1, -0.05) is 38.1 Å². The lowest BCUT2D eigenvalue weighted by Crippen LogP contribution is -2.04. The van der Waals surface area contributed by atoms with Gasteiger partial charge in [-0.05, 0) is 30.0 Å². The van der Waals surface area contributed by atoms with E-state index in [1.54, 1.807) is 4.68 Å². The minimum absolute atomic E-state index is 0.542. The van der Waals surface area contributed by atoms with Crippen LogP contribution in [0.2, 0.25) is 0 Å². The van der Waals surface area contributed by atoms with Crippen LogP contribution in [-0.4, -0.2) is 9.78 Å². The molecule has 0 atom stereocenters. The van der Waals surface area contributed by atoms with Crippen molar-refractivity contribution in [1.29, 1.82) is 5.26 Å². The van der Waals surface area contributed by atoms with Crippen LogP contribution >= 0.6 is 0 Å². The molecule has 0 N–H and O–H groups in total. The fourth-order valence-corrected chi connectivity index (χ4v) is 1.94. The van der Waals surface area contributed by atoms with E-state index in [4.69, 9.17) is 5.26 Å². The van der Waals surface area contributed by atoms with Crippen LogP contribution in [0.4, 0.5) is 0 Å². The number of nitriles is 1. The molecule has 0 spiro atoms. The van der Waals surface area contributed by atoms with Crippen molar-refractivity contribution in [2.75, 3.05) is 0 Å². The van der Waals surface area contributed by atoms with Crippen LogP contribution < -0.4 is 0 Å². The van der Waals surface area contributed by atoms with Gasteiger partial charge in [0.25, 0.3) is 0 Å². The Morgan fingerprint density at radius 1 is 1.28 bits per heavy atom. The summed E-state index contributed by atoms with van der Waals surface area (Å²) in [7, 11) is 0. The van der Waals surface area contributed by atoms with Crippen LogP contribution in [0.1, 0.15) is 42.3 Å². The molecule has 1 heterocycles. The second-order valence-electron chi connectivity index (χ2n) is 4.84. The standard InChI is InChI=1S/C15H17N3/c1-11(2)14-6-4-13(5-7-14)10-18-15(9-16)8-12(3)17-18/h4-8,11H,10H2,1-3H3. The number of hydrogen-bond acceptors (Lipinski definition) is 2. The fraction of sp³-hybridized carbons (Fsp3) is 0.333. The number of nitrogens with zero attached hydrogens (tertiary/aromatic N) is 3. The molecule has 0 aliphatic heterocycles. The Morgan fingerprint density at radius 3 is 2.50 bits per heavy atom. The number of benzene rings is 1. The smallest absolute Gasteiger partial charge is 0.139 e. The summed E-state index contributed by atoms with van der Waals surface area (Å²) in [6, 6.07) is 12.5. The van der Waals surface area contributed by atoms with Gasteiger partial charge in [0.1, 0.15) is 11.8 Å². The maximum atomic E-state index is 9.02. The Balaban J connectivity index is 2.21. The molecule has 0 amide bonds. The highest BCUT2D eigenvalue weighted by Gasteiger charge is 2.05. The van der Waals surface area contributed by atoms with Crippen molar-refractivity contribution in [2.24, 2.45) is 0 Å². The van der Waals surface area contributed by atoms with E-state index in [0.717, 1.165) is 5.69 Å². The van der Waals surface area contributed by atoms with Gasteiger partial charge in [0.15, 0.2) is 0 Å². The number of aromatic nitrogens is 2. The highest BCUT2D eigenvalue weighted by atomic mass is 15.3. The fourth-order valence-electron chi connectivity index (χ4n) is 1.94. The van der Waals surface area contributed by atoms with Gasteiger partial charge in [-0.2, -0.15) is 10.4 Å². The number of rotatable bonds is 3. The molecule has 2 aromatic rings. The van der Waals surface area contributed by atoms with E-state index in [-0.39, 0.29) is 0 Å². The predicted molar refractivity (Wildman–Crippen MR) is 71.3 cm³/mol. The third-order valence-corrected chi connectivity index (χ3v) is 3.00. The topological polar surface area (TPSA) is 41.6 Å². The second kappa shape index (κ2) is 5.05. The summed E-state index contributed by atoms with van der Waals surface area (Å²) in [5, 5.41) is 13.3. The van der Waals surface area contributed by atoms with E-state index < -0.39 is 0 Å². The van der Waals surface area contributed by atoms with E-state index >= 15 is 0 Å². The van der Waals surface area contributed by atoms with Gasteiger partial charge >= 0.3 is 0 Å². The van der Waals surface area contributed by atoms with Crippen molar-refractivity contribution in [3.05, 3.63) is 52.8 Å². The molecule has 0 unspecified atom stereocenters. The monoisotopic (exact) mass is 239 g/mol. The summed E-state index contributed by atoms with van der Waals surface area (Å²) >= 11 is 0. The minimum atomic E-state index is 0.542. The Hall–Kier alpha value is -2.08. The predicted octanol–water partition coefficient (Wildman–Crippen LogP) is 3.23. The van der Waals surface area contributed by atoms with E-state index in [9.17, 15) is 0 Å². The lowest BCUT2D eigenvalue weighted by Gasteiger charge is -2.07. The molecule has 3 nitrogen and oxygen atoms in total. The first-order valence-electron chi connectivity index (χ1n) is 6.13. The molecule has 1 aromatic carbocycles. The molecular formula is C15H17N3. The summed E-state index contributed by atoms with van der Waals surface area (Å²) in [6.07, 6.45) is 0. The molecule has 2 rings (SSSR count). The van der Waals surface area contributed by atoms with E-state index in [2.05, 4.69) is 49.3 Å². The molecule has 1 aromatic heterocycles. The highest BCUT2D eigenvalue weighted by molar-refractivity contribution is 5.27. The average molecular weight is 239 g/mol. The summed E-state index contributed by atoms with van der Waals surface area (Å²) in [4.78, 5) is 0. The van der Waals surface area contributed by atoms with Crippen LogP contribution in [0.3, 0.4) is 0 Å². The lowest BCUT2D eigenvalue weighted by molar-refractivity contribution is 0.670. The summed E-state index contributed by atoms with van der Waals surface area (Å²) in [5.74, 6) is 0.542. The SMILES string of the molecule is Cc1cc(C#N)n(Cc2ccc(C(C)C)cc2)n1. The van der Waals surface area contributed by atoms with E-state index in [1.807, 2.05) is 13.0 Å². The number of aryl methyl sites for hydroxylation is 1. The molecule has 0 fully saturated rings. The maximum absolute atomic E-state index is 9.02. The van der Waals surface area contributed by atoms with Crippen LogP contribution in [0.25, 0.3) is 0 Å². The van der Waals surface area contributed by atoms with Gasteiger partial charge in [-0.15, -0.1) is 0 Å². The highest BCUT2D eigenvalue weighted by Crippen LogP contribution is 2.15. The van der Waals surface area contributed by atoms with Crippen LogP contribution in [0, 0.1) is 18.3 Å². The normalized spacial score (nSPS) is 10.6. The number of hydrogen-bond donors (Lipinski definition) is 0. The Labute approximate surface area is 108 Å². The van der Waals surface area contributed by atoms with Crippen LogP contribution in [-0.2, 0) is 6.54 Å². The molecule has 0 saturated carbocycles. The van der Waals surface area contributed by atoms with Gasteiger partial charge < -0.3 is 0 Å². The van der Waals surface area contributed by atoms with E-state index in [1.165, 1.54) is 11.1 Å². The van der Waals surface area contributed by atoms with Crippen molar-refractivity contribution >= 4 is 0 Å². The first-order valence-corrected chi connectivity index (χ1v) is 6.13. The van der Waals surface area contributed by atoms with Crippen LogP contribution in [0.15, 0.2) is 30.3 Å². The molecule has 0 aliphatic rings. The molecule has 0 saturated heterocycles. The maximum Gasteiger partial charge on any atom is 0.139 e. The zero-order valence-electron chi connectivity index (χ0n) is 11.0. The molecule has 92 valence electrons. The quantitative estimate of drug-likeness (QED) is 0.825. The average Bonchev–Trinajstić information content (AvgIpc) is 2.70. The van der Waals surface area contributed by atoms with E-state index in [0.29, 0.717) is 18.2 Å². The molecule has 0 radical (unpaired) electrons. The Morgan fingerprint density at radius 2 is 1.94 bits per heavy atom. The molecule has 18 heavy (non-hydrogen) atoms. The molecular weight excluding hydrogens is 222 g/mol.